The molecule has 7 heteroatoms. The van der Waals surface area contributed by atoms with E-state index in [0.29, 0.717) is 23.0 Å². The summed E-state index contributed by atoms with van der Waals surface area (Å²) in [6.45, 7) is 0.633. The van der Waals surface area contributed by atoms with Gasteiger partial charge in [0.1, 0.15) is 6.10 Å². The second-order valence-corrected chi connectivity index (χ2v) is 5.75. The lowest BCUT2D eigenvalue weighted by Crippen LogP contribution is -2.26. The molecule has 1 aliphatic heterocycles. The molecule has 1 fully saturated rings. The third-order valence-corrected chi connectivity index (χ3v) is 3.98. The zero-order chi connectivity index (χ0) is 15.4. The highest BCUT2D eigenvalue weighted by Crippen LogP contribution is 2.17. The molecule has 0 unspecified atom stereocenters. The molecule has 1 aliphatic rings. The van der Waals surface area contributed by atoms with E-state index in [1.165, 1.54) is 11.3 Å². The number of aromatic nitrogens is 1. The van der Waals surface area contributed by atoms with Gasteiger partial charge < -0.3 is 10.1 Å². The van der Waals surface area contributed by atoms with Crippen molar-refractivity contribution in [3.63, 3.8) is 0 Å². The van der Waals surface area contributed by atoms with Crippen molar-refractivity contribution in [2.45, 2.75) is 18.9 Å². The summed E-state index contributed by atoms with van der Waals surface area (Å²) in [5, 5.41) is 7.84. The topological polar surface area (TPSA) is 80.3 Å². The number of thiazole rings is 1. The predicted octanol–water partition coefficient (Wildman–Crippen LogP) is 2.51. The first kappa shape index (κ1) is 14.7. The van der Waals surface area contributed by atoms with Crippen LogP contribution in [0.25, 0.3) is 0 Å². The van der Waals surface area contributed by atoms with E-state index in [4.69, 9.17) is 4.74 Å². The Morgan fingerprint density at radius 3 is 2.68 bits per heavy atom. The Hall–Kier alpha value is -2.25. The van der Waals surface area contributed by atoms with Crippen LogP contribution in [0, 0.1) is 0 Å². The van der Waals surface area contributed by atoms with E-state index < -0.39 is 0 Å². The molecule has 2 amide bonds. The van der Waals surface area contributed by atoms with Crippen LogP contribution in [-0.4, -0.2) is 29.5 Å². The summed E-state index contributed by atoms with van der Waals surface area (Å²) in [6.07, 6.45) is 2.92. The first-order valence-corrected chi connectivity index (χ1v) is 7.84. The van der Waals surface area contributed by atoms with Crippen LogP contribution in [0.2, 0.25) is 0 Å². The number of hydrogen-bond acceptors (Lipinski definition) is 5. The molecule has 3 rings (SSSR count). The number of ether oxygens (including phenoxy) is 1. The number of amides is 2. The van der Waals surface area contributed by atoms with Gasteiger partial charge in [0.25, 0.3) is 11.8 Å². The molecule has 2 aromatic rings. The minimum absolute atomic E-state index is 0.141. The van der Waals surface area contributed by atoms with Crippen LogP contribution in [0.3, 0.4) is 0 Å². The maximum Gasteiger partial charge on any atom is 0.257 e. The second-order valence-electron chi connectivity index (χ2n) is 4.86. The van der Waals surface area contributed by atoms with E-state index in [1.807, 2.05) is 0 Å². The minimum atomic E-state index is -0.368. The summed E-state index contributed by atoms with van der Waals surface area (Å²) >= 11 is 1.36. The van der Waals surface area contributed by atoms with Gasteiger partial charge in [-0.05, 0) is 37.1 Å². The first-order valence-electron chi connectivity index (χ1n) is 6.96. The highest BCUT2D eigenvalue weighted by molar-refractivity contribution is 7.13. The molecule has 0 saturated carbocycles. The lowest BCUT2D eigenvalue weighted by molar-refractivity contribution is -0.124. The summed E-state index contributed by atoms with van der Waals surface area (Å²) in [7, 11) is 0. The largest absolute Gasteiger partial charge is 0.368 e. The van der Waals surface area contributed by atoms with Crippen molar-refractivity contribution in [1.29, 1.82) is 0 Å². The molecular formula is C15H15N3O3S. The molecule has 0 spiro atoms. The first-order chi connectivity index (χ1) is 10.7. The van der Waals surface area contributed by atoms with E-state index in [2.05, 4.69) is 15.6 Å². The summed E-state index contributed by atoms with van der Waals surface area (Å²) in [5.74, 6) is -0.371. The molecule has 0 aliphatic carbocycles. The highest BCUT2D eigenvalue weighted by atomic mass is 32.1. The van der Waals surface area contributed by atoms with Gasteiger partial charge in [-0.15, -0.1) is 11.3 Å². The van der Waals surface area contributed by atoms with Crippen molar-refractivity contribution in [2.75, 3.05) is 17.2 Å². The second kappa shape index (κ2) is 6.67. The fourth-order valence-corrected chi connectivity index (χ4v) is 2.69. The normalized spacial score (nSPS) is 17.2. The van der Waals surface area contributed by atoms with Crippen LogP contribution < -0.4 is 10.6 Å². The van der Waals surface area contributed by atoms with Crippen LogP contribution in [0.4, 0.5) is 10.8 Å². The van der Waals surface area contributed by atoms with Gasteiger partial charge in [0.2, 0.25) is 0 Å². The Kier molecular flexibility index (Phi) is 4.45. The third kappa shape index (κ3) is 3.49. The van der Waals surface area contributed by atoms with Crippen molar-refractivity contribution < 1.29 is 14.3 Å². The molecule has 1 aromatic carbocycles. The molecular weight excluding hydrogens is 302 g/mol. The Labute approximate surface area is 131 Å². The molecule has 2 N–H and O–H groups in total. The van der Waals surface area contributed by atoms with Gasteiger partial charge in [-0.2, -0.15) is 0 Å². The van der Waals surface area contributed by atoms with Crippen LogP contribution in [0.5, 0.6) is 0 Å². The van der Waals surface area contributed by atoms with Crippen LogP contribution in [0.1, 0.15) is 23.2 Å². The molecule has 6 nitrogen and oxygen atoms in total. The maximum atomic E-state index is 12.0. The summed E-state index contributed by atoms with van der Waals surface area (Å²) in [4.78, 5) is 27.9. The average Bonchev–Trinajstić information content (AvgIpc) is 3.21. The number of carbonyl (C=O) groups is 2. The van der Waals surface area contributed by atoms with Crippen molar-refractivity contribution in [3.05, 3.63) is 41.4 Å². The Morgan fingerprint density at radius 2 is 2.05 bits per heavy atom. The fraction of sp³-hybridized carbons (Fsp3) is 0.267. The van der Waals surface area contributed by atoms with E-state index in [1.54, 1.807) is 35.8 Å². The van der Waals surface area contributed by atoms with Gasteiger partial charge >= 0.3 is 0 Å². The van der Waals surface area contributed by atoms with Crippen LogP contribution >= 0.6 is 11.3 Å². The number of carbonyl (C=O) groups excluding carboxylic acids is 2. The number of benzene rings is 1. The number of hydrogen-bond donors (Lipinski definition) is 2. The Bertz CT molecular complexity index is 649. The monoisotopic (exact) mass is 317 g/mol. The fourth-order valence-electron chi connectivity index (χ4n) is 2.17. The smallest absolute Gasteiger partial charge is 0.257 e. The lowest BCUT2D eigenvalue weighted by atomic mass is 10.2. The van der Waals surface area contributed by atoms with E-state index >= 15 is 0 Å². The van der Waals surface area contributed by atoms with Gasteiger partial charge in [-0.1, -0.05) is 0 Å². The van der Waals surface area contributed by atoms with E-state index in [0.717, 1.165) is 12.8 Å². The zero-order valence-corrected chi connectivity index (χ0v) is 12.6. The SMILES string of the molecule is O=C(Nc1nccs1)c1ccc(NC(=O)[C@H]2CCCO2)cc1. The molecule has 2 heterocycles. The van der Waals surface area contributed by atoms with Crippen molar-refractivity contribution in [2.24, 2.45) is 0 Å². The minimum Gasteiger partial charge on any atom is -0.368 e. The lowest BCUT2D eigenvalue weighted by Gasteiger charge is -2.10. The number of nitrogens with one attached hydrogen (secondary N) is 2. The van der Waals surface area contributed by atoms with Gasteiger partial charge in [0, 0.05) is 29.4 Å². The molecule has 114 valence electrons. The predicted molar refractivity (Wildman–Crippen MR) is 84.1 cm³/mol. The van der Waals surface area contributed by atoms with E-state index in [9.17, 15) is 9.59 Å². The van der Waals surface area contributed by atoms with Crippen molar-refractivity contribution in [1.82, 2.24) is 4.98 Å². The Balaban J connectivity index is 1.59. The zero-order valence-electron chi connectivity index (χ0n) is 11.7. The Morgan fingerprint density at radius 1 is 1.23 bits per heavy atom. The van der Waals surface area contributed by atoms with Gasteiger partial charge in [0.15, 0.2) is 5.13 Å². The quantitative estimate of drug-likeness (QED) is 0.908. The molecule has 22 heavy (non-hydrogen) atoms. The summed E-state index contributed by atoms with van der Waals surface area (Å²) in [5.41, 5.74) is 1.15. The third-order valence-electron chi connectivity index (χ3n) is 3.29. The van der Waals surface area contributed by atoms with Gasteiger partial charge in [0.05, 0.1) is 0 Å². The summed E-state index contributed by atoms with van der Waals surface area (Å²) in [6, 6.07) is 6.72. The van der Waals surface area contributed by atoms with Crippen molar-refractivity contribution >= 4 is 34.0 Å². The van der Waals surface area contributed by atoms with E-state index in [-0.39, 0.29) is 17.9 Å². The molecule has 0 radical (unpaired) electrons. The summed E-state index contributed by atoms with van der Waals surface area (Å²) < 4.78 is 5.33. The standard InChI is InChI=1S/C15H15N3O3S/c19-13(18-15-16-7-9-22-15)10-3-5-11(6-4-10)17-14(20)12-2-1-8-21-12/h3-7,9,12H,1-2,8H2,(H,17,20)(H,16,18,19)/t12-/m1/s1. The maximum absolute atomic E-state index is 12.0. The van der Waals surface area contributed by atoms with Crippen LogP contribution in [-0.2, 0) is 9.53 Å². The number of rotatable bonds is 4. The molecule has 1 aromatic heterocycles. The van der Waals surface area contributed by atoms with Gasteiger partial charge in [-0.25, -0.2) is 4.98 Å². The average molecular weight is 317 g/mol. The molecule has 1 atom stereocenters. The van der Waals surface area contributed by atoms with Gasteiger partial charge in [-0.3, -0.25) is 14.9 Å². The van der Waals surface area contributed by atoms with Crippen LogP contribution in [0.15, 0.2) is 35.8 Å². The number of anilines is 2. The van der Waals surface area contributed by atoms with Crippen molar-refractivity contribution in [3.8, 4) is 0 Å². The number of nitrogens with zero attached hydrogens (tertiary/aromatic N) is 1. The molecule has 0 bridgehead atoms. The molecule has 1 saturated heterocycles. The highest BCUT2D eigenvalue weighted by Gasteiger charge is 2.23.